The SMILES string of the molecule is C=CSCSSC=CCSSCSC=C. The lowest BCUT2D eigenvalue weighted by Crippen LogP contribution is -1.65. The summed E-state index contributed by atoms with van der Waals surface area (Å²) in [5, 5.41) is 8.06. The van der Waals surface area contributed by atoms with E-state index in [4.69, 9.17) is 0 Å². The summed E-state index contributed by atoms with van der Waals surface area (Å²) in [6, 6.07) is 0. The number of rotatable bonds is 11. The monoisotopic (exact) mass is 314 g/mol. The van der Waals surface area contributed by atoms with E-state index in [1.54, 1.807) is 34.3 Å². The first-order chi connectivity index (χ1) is 7.41. The van der Waals surface area contributed by atoms with Gasteiger partial charge in [-0.3, -0.25) is 0 Å². The molecule has 0 nitrogen and oxygen atoms in total. The van der Waals surface area contributed by atoms with Crippen molar-refractivity contribution in [3.05, 3.63) is 35.5 Å². The molecular formula is C9H14S6. The molecule has 0 atom stereocenters. The minimum atomic E-state index is 1.07. The van der Waals surface area contributed by atoms with Crippen LogP contribution in [0.15, 0.2) is 35.5 Å². The molecule has 0 unspecified atom stereocenters. The Labute approximate surface area is 117 Å². The first-order valence-corrected chi connectivity index (χ1v) is 11.0. The molecule has 0 spiro atoms. The van der Waals surface area contributed by atoms with Crippen LogP contribution in [0.4, 0.5) is 0 Å². The van der Waals surface area contributed by atoms with E-state index in [-0.39, 0.29) is 0 Å². The summed E-state index contributed by atoms with van der Waals surface area (Å²) in [6.07, 6.45) is 2.20. The lowest BCUT2D eigenvalue weighted by molar-refractivity contribution is 1.83. The second-order valence-electron chi connectivity index (χ2n) is 1.89. The highest BCUT2D eigenvalue weighted by molar-refractivity contribution is 8.79. The fourth-order valence-corrected chi connectivity index (χ4v) is 5.88. The molecule has 0 aliphatic carbocycles. The molecule has 0 saturated carbocycles. The molecule has 0 aromatic carbocycles. The van der Waals surface area contributed by atoms with Crippen molar-refractivity contribution in [3.63, 3.8) is 0 Å². The van der Waals surface area contributed by atoms with Crippen molar-refractivity contribution >= 4 is 66.7 Å². The smallest absolute Gasteiger partial charge is 0.0540 e. The second-order valence-corrected chi connectivity index (χ2v) is 9.31. The summed E-state index contributed by atoms with van der Waals surface area (Å²) in [5.74, 6) is 1.07. The first kappa shape index (κ1) is 16.3. The number of hydrogen-bond donors (Lipinski definition) is 0. The predicted octanol–water partition coefficient (Wildman–Crippen LogP) is 5.93. The summed E-state index contributed by atoms with van der Waals surface area (Å²) in [5.41, 5.74) is 0. The van der Waals surface area contributed by atoms with Crippen LogP contribution in [0.25, 0.3) is 0 Å². The third-order valence-electron chi connectivity index (χ3n) is 0.935. The van der Waals surface area contributed by atoms with Crippen molar-refractivity contribution in [1.82, 2.24) is 0 Å². The Morgan fingerprint density at radius 2 is 1.53 bits per heavy atom. The van der Waals surface area contributed by atoms with Gasteiger partial charge in [-0.15, -0.1) is 23.5 Å². The van der Waals surface area contributed by atoms with Crippen LogP contribution in [0.5, 0.6) is 0 Å². The van der Waals surface area contributed by atoms with Crippen molar-refractivity contribution in [2.75, 3.05) is 15.9 Å². The summed E-state index contributed by atoms with van der Waals surface area (Å²) in [6.45, 7) is 7.31. The minimum absolute atomic E-state index is 1.07. The largest absolute Gasteiger partial charge is 0.123 e. The normalized spacial score (nSPS) is 10.7. The van der Waals surface area contributed by atoms with Crippen LogP contribution in [0.2, 0.25) is 0 Å². The lowest BCUT2D eigenvalue weighted by atomic mass is 10.8. The molecule has 0 aromatic rings. The average molecular weight is 315 g/mol. The van der Waals surface area contributed by atoms with E-state index >= 15 is 0 Å². The highest BCUT2D eigenvalue weighted by Crippen LogP contribution is 2.29. The minimum Gasteiger partial charge on any atom is -0.123 e. The third kappa shape index (κ3) is 15.3. The van der Waals surface area contributed by atoms with Crippen molar-refractivity contribution in [2.45, 2.75) is 0 Å². The highest BCUT2D eigenvalue weighted by Gasteiger charge is 1.86. The van der Waals surface area contributed by atoms with Crippen LogP contribution in [-0.4, -0.2) is 15.9 Å². The molecule has 0 saturated heterocycles. The number of thioether (sulfide) groups is 2. The molecule has 0 amide bonds. The summed E-state index contributed by atoms with van der Waals surface area (Å²) < 4.78 is 0. The second kappa shape index (κ2) is 15.3. The molecular weight excluding hydrogens is 301 g/mol. The van der Waals surface area contributed by atoms with Gasteiger partial charge in [0, 0.05) is 5.75 Å². The fourth-order valence-electron chi connectivity index (χ4n) is 0.419. The van der Waals surface area contributed by atoms with Crippen LogP contribution < -0.4 is 0 Å². The summed E-state index contributed by atoms with van der Waals surface area (Å²) >= 11 is 3.48. The molecule has 0 bridgehead atoms. The van der Waals surface area contributed by atoms with Crippen molar-refractivity contribution in [1.29, 1.82) is 0 Å². The molecule has 0 fully saturated rings. The van der Waals surface area contributed by atoms with Gasteiger partial charge in [-0.1, -0.05) is 62.4 Å². The van der Waals surface area contributed by atoms with Crippen LogP contribution >= 0.6 is 66.7 Å². The zero-order chi connectivity index (χ0) is 11.2. The lowest BCUT2D eigenvalue weighted by Gasteiger charge is -1.94. The molecule has 0 aliphatic rings. The molecule has 86 valence electrons. The van der Waals surface area contributed by atoms with Gasteiger partial charge in [0.1, 0.15) is 0 Å². The average Bonchev–Trinajstić information content (AvgIpc) is 2.26. The molecule has 15 heavy (non-hydrogen) atoms. The molecule has 0 radical (unpaired) electrons. The quantitative estimate of drug-likeness (QED) is 0.261. The Morgan fingerprint density at radius 3 is 2.20 bits per heavy atom. The van der Waals surface area contributed by atoms with Gasteiger partial charge in [0.2, 0.25) is 0 Å². The number of hydrogen-bond acceptors (Lipinski definition) is 6. The molecule has 0 aliphatic heterocycles. The Morgan fingerprint density at radius 1 is 0.867 bits per heavy atom. The van der Waals surface area contributed by atoms with Gasteiger partial charge in [0.05, 0.1) is 10.2 Å². The first-order valence-electron chi connectivity index (χ1n) is 4.04. The van der Waals surface area contributed by atoms with E-state index in [0.717, 1.165) is 15.9 Å². The zero-order valence-electron chi connectivity index (χ0n) is 8.29. The van der Waals surface area contributed by atoms with E-state index < -0.39 is 0 Å². The van der Waals surface area contributed by atoms with E-state index in [1.807, 2.05) is 43.2 Å². The van der Waals surface area contributed by atoms with Gasteiger partial charge in [-0.05, 0) is 16.2 Å². The van der Waals surface area contributed by atoms with Crippen LogP contribution in [0, 0.1) is 0 Å². The van der Waals surface area contributed by atoms with Crippen LogP contribution in [0.1, 0.15) is 0 Å². The summed E-state index contributed by atoms with van der Waals surface area (Å²) in [4.78, 5) is 0. The Kier molecular flexibility index (Phi) is 16.7. The standard InChI is InChI=1S/C9H14S6/c1-3-10-8-14-12-6-5-7-13-15-9-11-4-2/h3-6H,1-2,7-9H2. The van der Waals surface area contributed by atoms with E-state index in [9.17, 15) is 0 Å². The summed E-state index contributed by atoms with van der Waals surface area (Å²) in [7, 11) is 7.38. The Hall–Kier alpha value is 1.32. The van der Waals surface area contributed by atoms with Crippen molar-refractivity contribution < 1.29 is 0 Å². The van der Waals surface area contributed by atoms with Gasteiger partial charge in [0.25, 0.3) is 0 Å². The van der Waals surface area contributed by atoms with E-state index in [1.165, 1.54) is 0 Å². The van der Waals surface area contributed by atoms with Crippen molar-refractivity contribution in [3.8, 4) is 0 Å². The molecule has 0 aromatic heterocycles. The Balaban J connectivity index is 3.03. The third-order valence-corrected chi connectivity index (χ3v) is 7.58. The van der Waals surface area contributed by atoms with E-state index in [0.29, 0.717) is 0 Å². The van der Waals surface area contributed by atoms with Gasteiger partial charge >= 0.3 is 0 Å². The predicted molar refractivity (Wildman–Crippen MR) is 89.7 cm³/mol. The maximum absolute atomic E-state index is 3.65. The maximum atomic E-state index is 3.65. The van der Waals surface area contributed by atoms with Gasteiger partial charge in [0.15, 0.2) is 0 Å². The molecule has 0 rings (SSSR count). The van der Waals surface area contributed by atoms with E-state index in [2.05, 4.69) is 24.6 Å². The molecule has 6 heteroatoms. The van der Waals surface area contributed by atoms with Gasteiger partial charge < -0.3 is 0 Å². The molecule has 0 heterocycles. The van der Waals surface area contributed by atoms with Gasteiger partial charge in [-0.2, -0.15) is 0 Å². The highest BCUT2D eigenvalue weighted by atomic mass is 33.1. The maximum Gasteiger partial charge on any atom is 0.0540 e. The zero-order valence-corrected chi connectivity index (χ0v) is 13.2. The topological polar surface area (TPSA) is 0 Å². The Bertz CT molecular complexity index is 179. The molecule has 0 N–H and O–H groups in total. The fraction of sp³-hybridized carbons (Fsp3) is 0.333. The van der Waals surface area contributed by atoms with Crippen LogP contribution in [-0.2, 0) is 0 Å². The van der Waals surface area contributed by atoms with Gasteiger partial charge in [-0.25, -0.2) is 0 Å². The van der Waals surface area contributed by atoms with Crippen LogP contribution in [0.3, 0.4) is 0 Å². The van der Waals surface area contributed by atoms with Crippen molar-refractivity contribution in [2.24, 2.45) is 0 Å².